The fourth-order valence-electron chi connectivity index (χ4n) is 2.47. The molecule has 3 aromatic rings. The Morgan fingerprint density at radius 2 is 1.74 bits per heavy atom. The Kier molecular flexibility index (Phi) is 5.66. The summed E-state index contributed by atoms with van der Waals surface area (Å²) in [4.78, 5) is 16.7. The first-order valence-electron chi connectivity index (χ1n) is 8.56. The number of rotatable bonds is 6. The van der Waals surface area contributed by atoms with Crippen LogP contribution >= 0.6 is 0 Å². The Labute approximate surface area is 157 Å². The van der Waals surface area contributed by atoms with E-state index in [-0.39, 0.29) is 17.8 Å². The van der Waals surface area contributed by atoms with Gasteiger partial charge in [-0.25, -0.2) is 4.39 Å². The second kappa shape index (κ2) is 8.31. The Balaban J connectivity index is 1.77. The highest BCUT2D eigenvalue weighted by atomic mass is 19.1. The third kappa shape index (κ3) is 4.82. The van der Waals surface area contributed by atoms with Crippen LogP contribution in [0, 0.1) is 5.82 Å². The second-order valence-corrected chi connectivity index (χ2v) is 6.18. The molecule has 2 N–H and O–H groups in total. The van der Waals surface area contributed by atoms with Crippen molar-refractivity contribution in [2.45, 2.75) is 20.0 Å². The highest BCUT2D eigenvalue weighted by Crippen LogP contribution is 2.26. The molecule has 0 aliphatic carbocycles. The minimum Gasteiger partial charge on any atom is -0.489 e. The van der Waals surface area contributed by atoms with Gasteiger partial charge in [0.2, 0.25) is 0 Å². The van der Waals surface area contributed by atoms with Gasteiger partial charge in [0, 0.05) is 6.20 Å². The Morgan fingerprint density at radius 3 is 2.48 bits per heavy atom. The van der Waals surface area contributed by atoms with Crippen LogP contribution in [0.15, 0.2) is 67.0 Å². The molecule has 5 nitrogen and oxygen atoms in total. The maximum atomic E-state index is 13.8. The Morgan fingerprint density at radius 1 is 1.04 bits per heavy atom. The summed E-state index contributed by atoms with van der Waals surface area (Å²) in [5.74, 6) is -0.124. The smallest absolute Gasteiger partial charge is 0.257 e. The van der Waals surface area contributed by atoms with Gasteiger partial charge in [-0.3, -0.25) is 9.78 Å². The number of hydrogen-bond acceptors (Lipinski definition) is 4. The van der Waals surface area contributed by atoms with E-state index in [4.69, 9.17) is 4.74 Å². The molecule has 0 radical (unpaired) electrons. The molecule has 0 saturated heterocycles. The van der Waals surface area contributed by atoms with Crippen LogP contribution in [0.1, 0.15) is 24.2 Å². The van der Waals surface area contributed by atoms with Gasteiger partial charge in [0.1, 0.15) is 11.6 Å². The molecule has 0 aliphatic rings. The van der Waals surface area contributed by atoms with Crippen molar-refractivity contribution in [3.8, 4) is 5.75 Å². The summed E-state index contributed by atoms with van der Waals surface area (Å²) in [5, 5.41) is 5.76. The summed E-state index contributed by atoms with van der Waals surface area (Å²) < 4.78 is 19.5. The summed E-state index contributed by atoms with van der Waals surface area (Å²) in [6.45, 7) is 3.83. The van der Waals surface area contributed by atoms with Crippen molar-refractivity contribution in [2.75, 3.05) is 10.6 Å². The predicted octanol–water partition coefficient (Wildman–Crippen LogP) is 5.00. The number of amides is 1. The van der Waals surface area contributed by atoms with Gasteiger partial charge in [-0.15, -0.1) is 0 Å². The molecule has 0 spiro atoms. The number of para-hydroxylation sites is 3. The zero-order valence-corrected chi connectivity index (χ0v) is 15.1. The van der Waals surface area contributed by atoms with Crippen LogP contribution < -0.4 is 15.4 Å². The number of pyridine rings is 1. The number of anilines is 3. The maximum absolute atomic E-state index is 13.8. The number of hydrogen-bond donors (Lipinski definition) is 2. The summed E-state index contributed by atoms with van der Waals surface area (Å²) >= 11 is 0. The SMILES string of the molecule is CC(C)Oc1ccccc1NC(=O)c1cncc(Nc2ccccc2F)c1. The maximum Gasteiger partial charge on any atom is 0.257 e. The molecule has 0 aliphatic heterocycles. The molecule has 0 saturated carbocycles. The van der Waals surface area contributed by atoms with E-state index in [9.17, 15) is 9.18 Å². The number of ether oxygens (including phenoxy) is 1. The first-order chi connectivity index (χ1) is 13.0. The van der Waals surface area contributed by atoms with Crippen LogP contribution in [0.5, 0.6) is 5.75 Å². The fourth-order valence-corrected chi connectivity index (χ4v) is 2.47. The lowest BCUT2D eigenvalue weighted by molar-refractivity contribution is 0.102. The number of benzene rings is 2. The summed E-state index contributed by atoms with van der Waals surface area (Å²) in [6.07, 6.45) is 2.96. The zero-order valence-electron chi connectivity index (χ0n) is 15.1. The molecule has 0 fully saturated rings. The van der Waals surface area contributed by atoms with Crippen molar-refractivity contribution < 1.29 is 13.9 Å². The van der Waals surface area contributed by atoms with Gasteiger partial charge in [0.15, 0.2) is 0 Å². The van der Waals surface area contributed by atoms with E-state index in [1.54, 1.807) is 36.4 Å². The topological polar surface area (TPSA) is 63.2 Å². The lowest BCUT2D eigenvalue weighted by Gasteiger charge is -2.15. The quantitative estimate of drug-likeness (QED) is 0.645. The average molecular weight is 365 g/mol. The molecule has 1 aromatic heterocycles. The predicted molar refractivity (Wildman–Crippen MR) is 104 cm³/mol. The van der Waals surface area contributed by atoms with Crippen molar-refractivity contribution in [3.05, 3.63) is 78.4 Å². The van der Waals surface area contributed by atoms with Gasteiger partial charge in [-0.05, 0) is 44.2 Å². The highest BCUT2D eigenvalue weighted by Gasteiger charge is 2.12. The van der Waals surface area contributed by atoms with Crippen molar-refractivity contribution in [2.24, 2.45) is 0 Å². The Bertz CT molecular complexity index is 944. The van der Waals surface area contributed by atoms with E-state index >= 15 is 0 Å². The largest absolute Gasteiger partial charge is 0.489 e. The minimum atomic E-state index is -0.382. The molecule has 0 atom stereocenters. The molecular weight excluding hydrogens is 345 g/mol. The van der Waals surface area contributed by atoms with E-state index in [1.807, 2.05) is 26.0 Å². The zero-order chi connectivity index (χ0) is 19.2. The molecule has 3 rings (SSSR count). The van der Waals surface area contributed by atoms with Gasteiger partial charge < -0.3 is 15.4 Å². The van der Waals surface area contributed by atoms with Crippen LogP contribution in [0.25, 0.3) is 0 Å². The van der Waals surface area contributed by atoms with Gasteiger partial charge in [-0.1, -0.05) is 24.3 Å². The van der Waals surface area contributed by atoms with Crippen molar-refractivity contribution in [1.29, 1.82) is 0 Å². The highest BCUT2D eigenvalue weighted by molar-refractivity contribution is 6.05. The van der Waals surface area contributed by atoms with E-state index < -0.39 is 0 Å². The third-order valence-corrected chi connectivity index (χ3v) is 3.65. The van der Waals surface area contributed by atoms with Crippen LogP contribution in [0.2, 0.25) is 0 Å². The van der Waals surface area contributed by atoms with Crippen LogP contribution in [-0.2, 0) is 0 Å². The van der Waals surface area contributed by atoms with Gasteiger partial charge in [-0.2, -0.15) is 0 Å². The number of halogens is 1. The standard InChI is InChI=1S/C21H20FN3O2/c1-14(2)27-20-10-6-5-9-19(20)25-21(26)15-11-16(13-23-12-15)24-18-8-4-3-7-17(18)22/h3-14,24H,1-2H3,(H,25,26). The molecule has 0 bridgehead atoms. The summed E-state index contributed by atoms with van der Waals surface area (Å²) in [5.41, 5.74) is 1.74. The fraction of sp³-hybridized carbons (Fsp3) is 0.143. The van der Waals surface area contributed by atoms with Gasteiger partial charge >= 0.3 is 0 Å². The van der Waals surface area contributed by atoms with E-state index in [0.29, 0.717) is 28.4 Å². The lowest BCUT2D eigenvalue weighted by Crippen LogP contribution is -2.15. The number of nitrogens with zero attached hydrogens (tertiary/aromatic N) is 1. The van der Waals surface area contributed by atoms with Gasteiger partial charge in [0.25, 0.3) is 5.91 Å². The van der Waals surface area contributed by atoms with Gasteiger partial charge in [0.05, 0.1) is 34.9 Å². The minimum absolute atomic E-state index is 0.0157. The summed E-state index contributed by atoms with van der Waals surface area (Å²) in [7, 11) is 0. The Hall–Kier alpha value is -3.41. The molecule has 6 heteroatoms. The van der Waals surface area contributed by atoms with E-state index in [0.717, 1.165) is 0 Å². The summed E-state index contributed by atoms with van der Waals surface area (Å²) in [6, 6.07) is 15.1. The normalized spacial score (nSPS) is 10.5. The molecule has 0 unspecified atom stereocenters. The third-order valence-electron chi connectivity index (χ3n) is 3.65. The van der Waals surface area contributed by atoms with E-state index in [1.165, 1.54) is 18.5 Å². The first kappa shape index (κ1) is 18.4. The van der Waals surface area contributed by atoms with E-state index in [2.05, 4.69) is 15.6 Å². The number of carbonyl (C=O) groups is 1. The molecule has 1 amide bonds. The first-order valence-corrected chi connectivity index (χ1v) is 8.56. The molecule has 138 valence electrons. The van der Waals surface area contributed by atoms with Crippen LogP contribution in [-0.4, -0.2) is 17.0 Å². The molecular formula is C21H20FN3O2. The second-order valence-electron chi connectivity index (χ2n) is 6.18. The number of aromatic nitrogens is 1. The van der Waals surface area contributed by atoms with Crippen LogP contribution in [0.3, 0.4) is 0 Å². The molecule has 2 aromatic carbocycles. The van der Waals surface area contributed by atoms with Crippen molar-refractivity contribution in [1.82, 2.24) is 4.98 Å². The number of carbonyl (C=O) groups excluding carboxylic acids is 1. The van der Waals surface area contributed by atoms with Crippen molar-refractivity contribution in [3.63, 3.8) is 0 Å². The average Bonchev–Trinajstić information content (AvgIpc) is 2.65. The number of nitrogens with one attached hydrogen (secondary N) is 2. The lowest BCUT2D eigenvalue weighted by atomic mass is 10.2. The molecule has 1 heterocycles. The molecule has 27 heavy (non-hydrogen) atoms. The van der Waals surface area contributed by atoms with Crippen molar-refractivity contribution >= 4 is 23.0 Å². The van der Waals surface area contributed by atoms with Crippen LogP contribution in [0.4, 0.5) is 21.5 Å². The monoisotopic (exact) mass is 365 g/mol.